The van der Waals surface area contributed by atoms with E-state index in [0.29, 0.717) is 18.5 Å². The molecule has 2 aliphatic heterocycles. The summed E-state index contributed by atoms with van der Waals surface area (Å²) in [7, 11) is 0. The number of hydrogen-bond acceptors (Lipinski definition) is 3. The van der Waals surface area contributed by atoms with Gasteiger partial charge in [-0.25, -0.2) is 0 Å². The number of benzene rings is 1. The van der Waals surface area contributed by atoms with Crippen LogP contribution in [0.25, 0.3) is 0 Å². The van der Waals surface area contributed by atoms with E-state index in [2.05, 4.69) is 60.6 Å². The van der Waals surface area contributed by atoms with Gasteiger partial charge >= 0.3 is 0 Å². The third-order valence-corrected chi connectivity index (χ3v) is 5.55. The summed E-state index contributed by atoms with van der Waals surface area (Å²) < 4.78 is 0. The van der Waals surface area contributed by atoms with Crippen LogP contribution in [0.15, 0.2) is 24.3 Å². The molecule has 138 valence electrons. The van der Waals surface area contributed by atoms with E-state index in [1.807, 2.05) is 0 Å². The Labute approximate surface area is 152 Å². The molecule has 25 heavy (non-hydrogen) atoms. The lowest BCUT2D eigenvalue weighted by Crippen LogP contribution is -2.45. The average molecular weight is 344 g/mol. The summed E-state index contributed by atoms with van der Waals surface area (Å²) in [4.78, 5) is 14.6. The number of amides is 1. The SMILES string of the molecule is CC(C)(C)c1ccc(N2CCC(NC(=O)CC3CCCN3)CC2)cc1. The molecule has 2 heterocycles. The molecule has 0 spiro atoms. The molecular weight excluding hydrogens is 310 g/mol. The predicted molar refractivity (Wildman–Crippen MR) is 104 cm³/mol. The van der Waals surface area contributed by atoms with Gasteiger partial charge in [-0.15, -0.1) is 0 Å². The fourth-order valence-corrected chi connectivity index (χ4v) is 3.90. The van der Waals surface area contributed by atoms with Crippen LogP contribution in [-0.4, -0.2) is 37.6 Å². The van der Waals surface area contributed by atoms with Crippen LogP contribution < -0.4 is 15.5 Å². The molecule has 1 aromatic carbocycles. The van der Waals surface area contributed by atoms with Gasteiger partial charge in [0, 0.05) is 37.3 Å². The number of hydrogen-bond donors (Lipinski definition) is 2. The summed E-state index contributed by atoms with van der Waals surface area (Å²) >= 11 is 0. The first kappa shape index (κ1) is 18.2. The molecule has 2 N–H and O–H groups in total. The first-order chi connectivity index (χ1) is 11.9. The number of rotatable bonds is 4. The van der Waals surface area contributed by atoms with E-state index in [0.717, 1.165) is 38.9 Å². The van der Waals surface area contributed by atoms with Gasteiger partial charge in [-0.1, -0.05) is 32.9 Å². The van der Waals surface area contributed by atoms with Crippen molar-refractivity contribution in [3.8, 4) is 0 Å². The molecule has 1 atom stereocenters. The van der Waals surface area contributed by atoms with Gasteiger partial charge < -0.3 is 15.5 Å². The van der Waals surface area contributed by atoms with Gasteiger partial charge in [-0.05, 0) is 55.3 Å². The second-order valence-electron chi connectivity index (χ2n) is 8.62. The van der Waals surface area contributed by atoms with Crippen LogP contribution in [0.1, 0.15) is 58.4 Å². The number of carbonyl (C=O) groups excluding carboxylic acids is 1. The molecule has 1 amide bonds. The largest absolute Gasteiger partial charge is 0.371 e. The van der Waals surface area contributed by atoms with Gasteiger partial charge in [0.15, 0.2) is 0 Å². The summed E-state index contributed by atoms with van der Waals surface area (Å²) in [5.74, 6) is 0.215. The molecule has 4 heteroatoms. The Morgan fingerprint density at radius 3 is 2.40 bits per heavy atom. The molecule has 1 unspecified atom stereocenters. The van der Waals surface area contributed by atoms with Gasteiger partial charge in [0.2, 0.25) is 5.91 Å². The normalized spacial score (nSPS) is 22.2. The Bertz CT molecular complexity index is 562. The van der Waals surface area contributed by atoms with E-state index < -0.39 is 0 Å². The van der Waals surface area contributed by atoms with Gasteiger partial charge in [0.1, 0.15) is 0 Å². The van der Waals surface area contributed by atoms with Crippen LogP contribution in [0.4, 0.5) is 5.69 Å². The van der Waals surface area contributed by atoms with Crippen LogP contribution in [-0.2, 0) is 10.2 Å². The first-order valence-electron chi connectivity index (χ1n) is 9.80. The second-order valence-corrected chi connectivity index (χ2v) is 8.62. The minimum atomic E-state index is 0.198. The maximum atomic E-state index is 12.2. The molecule has 2 fully saturated rings. The first-order valence-corrected chi connectivity index (χ1v) is 9.80. The lowest BCUT2D eigenvalue weighted by atomic mass is 9.87. The molecule has 0 aliphatic carbocycles. The topological polar surface area (TPSA) is 44.4 Å². The highest BCUT2D eigenvalue weighted by atomic mass is 16.1. The highest BCUT2D eigenvalue weighted by Crippen LogP contribution is 2.26. The van der Waals surface area contributed by atoms with Crippen molar-refractivity contribution >= 4 is 11.6 Å². The zero-order valence-corrected chi connectivity index (χ0v) is 16.0. The molecule has 0 bridgehead atoms. The van der Waals surface area contributed by atoms with Crippen LogP contribution in [0.2, 0.25) is 0 Å². The molecule has 0 saturated carbocycles. The fraction of sp³-hybridized carbons (Fsp3) is 0.667. The van der Waals surface area contributed by atoms with Crippen molar-refractivity contribution in [1.29, 1.82) is 0 Å². The van der Waals surface area contributed by atoms with Gasteiger partial charge in [-0.3, -0.25) is 4.79 Å². The molecule has 4 nitrogen and oxygen atoms in total. The van der Waals surface area contributed by atoms with Gasteiger partial charge in [0.05, 0.1) is 0 Å². The van der Waals surface area contributed by atoms with Crippen molar-refractivity contribution in [2.75, 3.05) is 24.5 Å². The molecule has 2 saturated heterocycles. The fourth-order valence-electron chi connectivity index (χ4n) is 3.90. The predicted octanol–water partition coefficient (Wildman–Crippen LogP) is 3.21. The van der Waals surface area contributed by atoms with E-state index in [9.17, 15) is 4.79 Å². The maximum absolute atomic E-state index is 12.2. The molecule has 2 aliphatic rings. The summed E-state index contributed by atoms with van der Waals surface area (Å²) in [6.07, 6.45) is 5.03. The molecular formula is C21H33N3O. The Balaban J connectivity index is 1.45. The molecule has 1 aromatic rings. The van der Waals surface area contributed by atoms with Crippen molar-refractivity contribution in [1.82, 2.24) is 10.6 Å². The Morgan fingerprint density at radius 1 is 1.16 bits per heavy atom. The number of nitrogens with zero attached hydrogens (tertiary/aromatic N) is 1. The highest BCUT2D eigenvalue weighted by molar-refractivity contribution is 5.77. The smallest absolute Gasteiger partial charge is 0.221 e. The summed E-state index contributed by atoms with van der Waals surface area (Å²) in [5, 5.41) is 6.64. The summed E-state index contributed by atoms with van der Waals surface area (Å²) in [6.45, 7) is 9.83. The number of anilines is 1. The Hall–Kier alpha value is -1.55. The quantitative estimate of drug-likeness (QED) is 0.882. The molecule has 3 rings (SSSR count). The Kier molecular flexibility index (Phi) is 5.67. The second kappa shape index (κ2) is 7.77. The van der Waals surface area contributed by atoms with E-state index in [1.165, 1.54) is 17.7 Å². The zero-order chi connectivity index (χ0) is 17.9. The van der Waals surface area contributed by atoms with Crippen molar-refractivity contribution in [3.63, 3.8) is 0 Å². The van der Waals surface area contributed by atoms with Crippen LogP contribution >= 0.6 is 0 Å². The molecule has 0 radical (unpaired) electrons. The van der Waals surface area contributed by atoms with Crippen molar-refractivity contribution in [2.45, 2.75) is 70.4 Å². The van der Waals surface area contributed by atoms with Crippen LogP contribution in [0, 0.1) is 0 Å². The lowest BCUT2D eigenvalue weighted by molar-refractivity contribution is -0.122. The minimum Gasteiger partial charge on any atom is -0.371 e. The number of carbonyl (C=O) groups is 1. The monoisotopic (exact) mass is 343 g/mol. The number of piperidine rings is 1. The van der Waals surface area contributed by atoms with Crippen molar-refractivity contribution < 1.29 is 4.79 Å². The lowest BCUT2D eigenvalue weighted by Gasteiger charge is -2.34. The van der Waals surface area contributed by atoms with E-state index in [-0.39, 0.29) is 11.3 Å². The van der Waals surface area contributed by atoms with Gasteiger partial charge in [-0.2, -0.15) is 0 Å². The third kappa shape index (κ3) is 4.97. The Morgan fingerprint density at radius 2 is 1.84 bits per heavy atom. The summed E-state index contributed by atoms with van der Waals surface area (Å²) in [5.41, 5.74) is 2.87. The van der Waals surface area contributed by atoms with Crippen LogP contribution in [0.3, 0.4) is 0 Å². The van der Waals surface area contributed by atoms with E-state index >= 15 is 0 Å². The van der Waals surface area contributed by atoms with Crippen molar-refractivity contribution in [3.05, 3.63) is 29.8 Å². The van der Waals surface area contributed by atoms with E-state index in [4.69, 9.17) is 0 Å². The summed E-state index contributed by atoms with van der Waals surface area (Å²) in [6, 6.07) is 9.70. The standard InChI is InChI=1S/C21H33N3O/c1-21(2,3)16-6-8-19(9-7-16)24-13-10-17(11-14-24)23-20(25)15-18-5-4-12-22-18/h6-9,17-18,22H,4-5,10-15H2,1-3H3,(H,23,25). The molecule has 0 aromatic heterocycles. The maximum Gasteiger partial charge on any atom is 0.221 e. The van der Waals surface area contributed by atoms with E-state index in [1.54, 1.807) is 0 Å². The van der Waals surface area contributed by atoms with Crippen LogP contribution in [0.5, 0.6) is 0 Å². The third-order valence-electron chi connectivity index (χ3n) is 5.55. The number of nitrogens with one attached hydrogen (secondary N) is 2. The van der Waals surface area contributed by atoms with Crippen molar-refractivity contribution in [2.24, 2.45) is 0 Å². The average Bonchev–Trinajstić information content (AvgIpc) is 3.08. The minimum absolute atomic E-state index is 0.198. The highest BCUT2D eigenvalue weighted by Gasteiger charge is 2.23. The zero-order valence-electron chi connectivity index (χ0n) is 16.0. The van der Waals surface area contributed by atoms with Gasteiger partial charge in [0.25, 0.3) is 0 Å².